The molecule has 0 bridgehead atoms. The van der Waals surface area contributed by atoms with Crippen molar-refractivity contribution < 1.29 is 9.47 Å². The summed E-state index contributed by atoms with van der Waals surface area (Å²) in [5.41, 5.74) is 6.25. The summed E-state index contributed by atoms with van der Waals surface area (Å²) in [6.07, 6.45) is 0. The van der Waals surface area contributed by atoms with Gasteiger partial charge in [0.25, 0.3) is 0 Å². The molecule has 186 valence electrons. The van der Waals surface area contributed by atoms with Gasteiger partial charge in [-0.05, 0) is 69.1 Å². The Balaban J connectivity index is 1.81. The average molecular weight is 624 g/mol. The van der Waals surface area contributed by atoms with Gasteiger partial charge in [0.05, 0.1) is 14.2 Å². The molecule has 0 heterocycles. The Morgan fingerprint density at radius 2 is 0.895 bits per heavy atom. The van der Waals surface area contributed by atoms with Crippen molar-refractivity contribution in [1.82, 2.24) is 0 Å². The van der Waals surface area contributed by atoms with Crippen LogP contribution in [0.3, 0.4) is 0 Å². The van der Waals surface area contributed by atoms with Crippen LogP contribution in [0.4, 0.5) is 0 Å². The average Bonchev–Trinajstić information content (AvgIpc) is 2.95. The van der Waals surface area contributed by atoms with Crippen LogP contribution in [0.5, 0.6) is 11.5 Å². The molecule has 0 aliphatic carbocycles. The van der Waals surface area contributed by atoms with E-state index in [9.17, 15) is 0 Å². The molecule has 0 fully saturated rings. The summed E-state index contributed by atoms with van der Waals surface area (Å²) in [6.45, 7) is 0. The first-order valence-electron chi connectivity index (χ1n) is 12.3. The van der Waals surface area contributed by atoms with E-state index in [2.05, 4.69) is 129 Å². The van der Waals surface area contributed by atoms with Crippen molar-refractivity contribution in [1.29, 1.82) is 0 Å². The summed E-state index contributed by atoms with van der Waals surface area (Å²) in [5.74, 6) is 1.63. The van der Waals surface area contributed by atoms with E-state index in [-0.39, 0.29) is 0 Å². The lowest BCUT2D eigenvalue weighted by atomic mass is 9.86. The van der Waals surface area contributed by atoms with Crippen LogP contribution < -0.4 is 9.47 Å². The van der Waals surface area contributed by atoms with Gasteiger partial charge in [-0.3, -0.25) is 0 Å². The molecular weight excluding hydrogens is 600 g/mol. The third kappa shape index (κ3) is 4.28. The summed E-state index contributed by atoms with van der Waals surface area (Å²) in [6, 6.07) is 38.1. The van der Waals surface area contributed by atoms with E-state index in [1.165, 1.54) is 0 Å². The molecule has 0 N–H and O–H groups in total. The fourth-order valence-electron chi connectivity index (χ4n) is 5.32. The highest BCUT2D eigenvalue weighted by Gasteiger charge is 2.24. The molecule has 2 nitrogen and oxygen atoms in total. The molecule has 0 aliphatic rings. The largest absolute Gasteiger partial charge is 0.495 e. The standard InChI is InChI=1S/C34H24Br2O2/c1-37-33-29(21-11-7-13-25(35)17-21)19-23-9-3-5-15-27(23)31(33)32-28-16-6-4-10-24(28)20-30(34(32)38-2)22-12-8-14-26(36)18-22/h3-20H,1-2H3. The summed E-state index contributed by atoms with van der Waals surface area (Å²) in [4.78, 5) is 0. The molecular formula is C34H24Br2O2. The second-order valence-corrected chi connectivity index (χ2v) is 11.0. The third-order valence-electron chi connectivity index (χ3n) is 6.93. The Kier molecular flexibility index (Phi) is 6.69. The van der Waals surface area contributed by atoms with E-state index < -0.39 is 0 Å². The van der Waals surface area contributed by atoms with Gasteiger partial charge < -0.3 is 9.47 Å². The van der Waals surface area contributed by atoms with Gasteiger partial charge in [0.2, 0.25) is 0 Å². The Morgan fingerprint density at radius 3 is 1.29 bits per heavy atom. The maximum absolute atomic E-state index is 6.27. The van der Waals surface area contributed by atoms with E-state index in [1.54, 1.807) is 14.2 Å². The molecule has 4 heteroatoms. The van der Waals surface area contributed by atoms with Gasteiger partial charge in [-0.25, -0.2) is 0 Å². The van der Waals surface area contributed by atoms with E-state index >= 15 is 0 Å². The molecule has 0 unspecified atom stereocenters. The van der Waals surface area contributed by atoms with Crippen molar-refractivity contribution in [3.63, 3.8) is 0 Å². The molecule has 6 rings (SSSR count). The smallest absolute Gasteiger partial charge is 0.135 e. The van der Waals surface area contributed by atoms with E-state index in [0.29, 0.717) is 0 Å². The van der Waals surface area contributed by atoms with E-state index in [0.717, 1.165) is 75.4 Å². The van der Waals surface area contributed by atoms with Crippen molar-refractivity contribution in [2.75, 3.05) is 14.2 Å². The SMILES string of the molecule is COc1c(-c2cccc(Br)c2)cc2ccccc2c1-c1c(OC)c(-c2cccc(Br)c2)cc2ccccc12. The molecule has 0 amide bonds. The van der Waals surface area contributed by atoms with Crippen molar-refractivity contribution >= 4 is 53.4 Å². The van der Waals surface area contributed by atoms with Crippen molar-refractivity contribution in [2.45, 2.75) is 0 Å². The highest BCUT2D eigenvalue weighted by molar-refractivity contribution is 9.10. The van der Waals surface area contributed by atoms with Crippen molar-refractivity contribution in [3.05, 3.63) is 118 Å². The quantitative estimate of drug-likeness (QED) is 0.190. The number of ether oxygens (including phenoxy) is 2. The van der Waals surface area contributed by atoms with Crippen LogP contribution in [0.25, 0.3) is 54.9 Å². The van der Waals surface area contributed by atoms with E-state index in [4.69, 9.17) is 9.47 Å². The van der Waals surface area contributed by atoms with Gasteiger partial charge in [-0.1, -0.05) is 105 Å². The van der Waals surface area contributed by atoms with Crippen LogP contribution in [0.15, 0.2) is 118 Å². The van der Waals surface area contributed by atoms with Gasteiger partial charge in [0, 0.05) is 31.2 Å². The highest BCUT2D eigenvalue weighted by atomic mass is 79.9. The number of methoxy groups -OCH3 is 2. The molecule has 0 saturated heterocycles. The molecule has 0 spiro atoms. The van der Waals surface area contributed by atoms with Crippen LogP contribution >= 0.6 is 31.9 Å². The van der Waals surface area contributed by atoms with Gasteiger partial charge >= 0.3 is 0 Å². The first-order chi connectivity index (χ1) is 18.6. The fraction of sp³-hybridized carbons (Fsp3) is 0.0588. The third-order valence-corrected chi connectivity index (χ3v) is 7.92. The molecule has 0 radical (unpaired) electrons. The zero-order chi connectivity index (χ0) is 26.2. The summed E-state index contributed by atoms with van der Waals surface area (Å²) < 4.78 is 14.6. The fourth-order valence-corrected chi connectivity index (χ4v) is 6.12. The Hall–Kier alpha value is -3.60. The van der Waals surface area contributed by atoms with Crippen LogP contribution in [0.2, 0.25) is 0 Å². The van der Waals surface area contributed by atoms with Crippen molar-refractivity contribution in [3.8, 4) is 44.9 Å². The van der Waals surface area contributed by atoms with Crippen LogP contribution in [-0.2, 0) is 0 Å². The first-order valence-corrected chi connectivity index (χ1v) is 13.9. The molecule has 6 aromatic rings. The second kappa shape index (κ2) is 10.3. The summed E-state index contributed by atoms with van der Waals surface area (Å²) in [7, 11) is 3.50. The lowest BCUT2D eigenvalue weighted by Gasteiger charge is -2.22. The summed E-state index contributed by atoms with van der Waals surface area (Å²) in [5, 5.41) is 4.49. The molecule has 0 saturated carbocycles. The highest BCUT2D eigenvalue weighted by Crippen LogP contribution is 2.52. The molecule has 0 aliphatic heterocycles. The Morgan fingerprint density at radius 1 is 0.474 bits per heavy atom. The van der Waals surface area contributed by atoms with Crippen molar-refractivity contribution in [2.24, 2.45) is 0 Å². The maximum Gasteiger partial charge on any atom is 0.135 e. The Bertz CT molecular complexity index is 1690. The monoisotopic (exact) mass is 622 g/mol. The minimum atomic E-state index is 0.816. The summed E-state index contributed by atoms with van der Waals surface area (Å²) >= 11 is 7.30. The second-order valence-electron chi connectivity index (χ2n) is 9.13. The minimum absolute atomic E-state index is 0.816. The minimum Gasteiger partial charge on any atom is -0.495 e. The lowest BCUT2D eigenvalue weighted by Crippen LogP contribution is -1.99. The predicted octanol–water partition coefficient (Wildman–Crippen LogP) is 10.5. The van der Waals surface area contributed by atoms with Gasteiger partial charge in [-0.2, -0.15) is 0 Å². The predicted molar refractivity (Wildman–Crippen MR) is 166 cm³/mol. The van der Waals surface area contributed by atoms with E-state index in [1.807, 2.05) is 12.1 Å². The molecule has 0 aromatic heterocycles. The normalized spacial score (nSPS) is 11.2. The van der Waals surface area contributed by atoms with Gasteiger partial charge in [-0.15, -0.1) is 0 Å². The van der Waals surface area contributed by atoms with Crippen LogP contribution in [0, 0.1) is 0 Å². The van der Waals surface area contributed by atoms with Crippen LogP contribution in [0.1, 0.15) is 0 Å². The number of halogens is 2. The molecule has 0 atom stereocenters. The number of rotatable bonds is 5. The zero-order valence-electron chi connectivity index (χ0n) is 21.0. The first kappa shape index (κ1) is 24.7. The molecule has 6 aromatic carbocycles. The van der Waals surface area contributed by atoms with Gasteiger partial charge in [0.1, 0.15) is 11.5 Å². The molecule has 38 heavy (non-hydrogen) atoms. The number of benzene rings is 6. The number of hydrogen-bond donors (Lipinski definition) is 0. The van der Waals surface area contributed by atoms with Gasteiger partial charge in [0.15, 0.2) is 0 Å². The Labute approximate surface area is 239 Å². The number of hydrogen-bond acceptors (Lipinski definition) is 2. The number of fused-ring (bicyclic) bond motifs is 2. The zero-order valence-corrected chi connectivity index (χ0v) is 24.1. The topological polar surface area (TPSA) is 18.5 Å². The lowest BCUT2D eigenvalue weighted by molar-refractivity contribution is 0.413. The van der Waals surface area contributed by atoms with Crippen LogP contribution in [-0.4, -0.2) is 14.2 Å². The maximum atomic E-state index is 6.27.